The second kappa shape index (κ2) is 4.86. The van der Waals surface area contributed by atoms with E-state index in [1.54, 1.807) is 0 Å². The average Bonchev–Trinajstić information content (AvgIpc) is 2.31. The minimum Gasteiger partial charge on any atom is -0.382 e. The van der Waals surface area contributed by atoms with Gasteiger partial charge in [0.15, 0.2) is 0 Å². The van der Waals surface area contributed by atoms with Crippen molar-refractivity contribution in [3.63, 3.8) is 0 Å². The smallest absolute Gasteiger partial charge is 0.0485 e. The van der Waals surface area contributed by atoms with Crippen LogP contribution < -0.4 is 5.32 Å². The van der Waals surface area contributed by atoms with E-state index in [-0.39, 0.29) is 0 Å². The maximum absolute atomic E-state index is 5.31. The van der Waals surface area contributed by atoms with Crippen LogP contribution in [0, 0.1) is 12.3 Å². The highest BCUT2D eigenvalue weighted by atomic mass is 16.5. The molecule has 1 aromatic carbocycles. The highest BCUT2D eigenvalue weighted by Gasteiger charge is 2.12. The maximum atomic E-state index is 5.31. The summed E-state index contributed by atoms with van der Waals surface area (Å²) in [6.45, 7) is 1.72. The first-order valence-corrected chi connectivity index (χ1v) is 5.29. The predicted octanol–water partition coefficient (Wildman–Crippen LogP) is 2.26. The number of benzene rings is 1. The summed E-state index contributed by atoms with van der Waals surface area (Å²) in [5.74, 6) is 2.61. The fourth-order valence-electron chi connectivity index (χ4n) is 1.74. The summed E-state index contributed by atoms with van der Waals surface area (Å²) in [4.78, 5) is 0. The highest BCUT2D eigenvalue weighted by molar-refractivity contribution is 5.48. The summed E-state index contributed by atoms with van der Waals surface area (Å²) in [5.41, 5.74) is 2.06. The molecule has 15 heavy (non-hydrogen) atoms. The SMILES string of the molecule is C#Cc1ccc(NC2CCOCC2)cc1. The molecule has 2 nitrogen and oxygen atoms in total. The van der Waals surface area contributed by atoms with E-state index in [1.165, 1.54) is 0 Å². The molecule has 1 aliphatic heterocycles. The lowest BCUT2D eigenvalue weighted by molar-refractivity contribution is 0.0904. The average molecular weight is 201 g/mol. The lowest BCUT2D eigenvalue weighted by atomic mass is 10.1. The highest BCUT2D eigenvalue weighted by Crippen LogP contribution is 2.15. The first kappa shape index (κ1) is 10.1. The van der Waals surface area contributed by atoms with Gasteiger partial charge in [-0.25, -0.2) is 0 Å². The van der Waals surface area contributed by atoms with Crippen molar-refractivity contribution in [3.05, 3.63) is 29.8 Å². The fourth-order valence-corrected chi connectivity index (χ4v) is 1.74. The van der Waals surface area contributed by atoms with Gasteiger partial charge >= 0.3 is 0 Å². The number of hydrogen-bond acceptors (Lipinski definition) is 2. The van der Waals surface area contributed by atoms with Crippen molar-refractivity contribution in [2.24, 2.45) is 0 Å². The Balaban J connectivity index is 1.95. The molecule has 0 saturated carbocycles. The summed E-state index contributed by atoms with van der Waals surface area (Å²) >= 11 is 0. The van der Waals surface area contributed by atoms with Crippen molar-refractivity contribution in [1.29, 1.82) is 0 Å². The van der Waals surface area contributed by atoms with Gasteiger partial charge < -0.3 is 10.1 Å². The van der Waals surface area contributed by atoms with Gasteiger partial charge in [0.2, 0.25) is 0 Å². The molecule has 0 bridgehead atoms. The fraction of sp³-hybridized carbons (Fsp3) is 0.385. The van der Waals surface area contributed by atoms with Gasteiger partial charge in [0.05, 0.1) is 0 Å². The van der Waals surface area contributed by atoms with Crippen LogP contribution in [0.2, 0.25) is 0 Å². The summed E-state index contributed by atoms with van der Waals surface area (Å²) in [5, 5.41) is 3.48. The van der Waals surface area contributed by atoms with E-state index in [1.807, 2.05) is 24.3 Å². The molecule has 0 amide bonds. The van der Waals surface area contributed by atoms with E-state index >= 15 is 0 Å². The van der Waals surface area contributed by atoms with Gasteiger partial charge in [-0.05, 0) is 37.1 Å². The molecule has 78 valence electrons. The van der Waals surface area contributed by atoms with Gasteiger partial charge in [-0.3, -0.25) is 0 Å². The molecule has 1 heterocycles. The summed E-state index contributed by atoms with van der Waals surface area (Å²) in [7, 11) is 0. The minimum absolute atomic E-state index is 0.537. The second-order valence-electron chi connectivity index (χ2n) is 3.75. The van der Waals surface area contributed by atoms with Gasteiger partial charge in [0.1, 0.15) is 0 Å². The first-order chi connectivity index (χ1) is 7.38. The van der Waals surface area contributed by atoms with Crippen LogP contribution in [-0.4, -0.2) is 19.3 Å². The molecule has 1 aromatic rings. The lowest BCUT2D eigenvalue weighted by Crippen LogP contribution is -2.27. The summed E-state index contributed by atoms with van der Waals surface area (Å²) < 4.78 is 5.31. The molecule has 0 aliphatic carbocycles. The Morgan fingerprint density at radius 2 is 1.87 bits per heavy atom. The number of ether oxygens (including phenoxy) is 1. The zero-order valence-corrected chi connectivity index (χ0v) is 8.70. The quantitative estimate of drug-likeness (QED) is 0.741. The summed E-state index contributed by atoms with van der Waals surface area (Å²) in [6.07, 6.45) is 7.46. The lowest BCUT2D eigenvalue weighted by Gasteiger charge is -2.24. The van der Waals surface area contributed by atoms with Crippen LogP contribution in [0.1, 0.15) is 18.4 Å². The Kier molecular flexibility index (Phi) is 3.26. The molecule has 1 fully saturated rings. The Morgan fingerprint density at radius 3 is 2.47 bits per heavy atom. The first-order valence-electron chi connectivity index (χ1n) is 5.29. The van der Waals surface area contributed by atoms with Crippen LogP contribution in [0.3, 0.4) is 0 Å². The van der Waals surface area contributed by atoms with E-state index in [0.717, 1.165) is 37.3 Å². The molecule has 1 aliphatic rings. The molecule has 0 atom stereocenters. The van der Waals surface area contributed by atoms with Crippen LogP contribution in [0.4, 0.5) is 5.69 Å². The topological polar surface area (TPSA) is 21.3 Å². The van der Waals surface area contributed by atoms with Gasteiger partial charge in [-0.2, -0.15) is 0 Å². The molecule has 0 unspecified atom stereocenters. The van der Waals surface area contributed by atoms with Crippen molar-refractivity contribution >= 4 is 5.69 Å². The molecule has 0 spiro atoms. The zero-order valence-electron chi connectivity index (χ0n) is 8.70. The molecule has 2 rings (SSSR count). The Hall–Kier alpha value is -1.46. The monoisotopic (exact) mass is 201 g/mol. The van der Waals surface area contributed by atoms with E-state index in [9.17, 15) is 0 Å². The number of nitrogens with one attached hydrogen (secondary N) is 1. The van der Waals surface area contributed by atoms with E-state index in [4.69, 9.17) is 11.2 Å². The molecule has 0 aromatic heterocycles. The largest absolute Gasteiger partial charge is 0.382 e. The zero-order chi connectivity index (χ0) is 10.5. The Labute approximate surface area is 90.6 Å². The standard InChI is InChI=1S/C13H15NO/c1-2-11-3-5-12(6-4-11)14-13-7-9-15-10-8-13/h1,3-6,13-14H,7-10H2. The molecule has 0 radical (unpaired) electrons. The number of rotatable bonds is 2. The third-order valence-corrected chi connectivity index (χ3v) is 2.64. The van der Waals surface area contributed by atoms with Crippen LogP contribution in [0.15, 0.2) is 24.3 Å². The molecule has 1 N–H and O–H groups in total. The maximum Gasteiger partial charge on any atom is 0.0485 e. The molecule has 2 heteroatoms. The minimum atomic E-state index is 0.537. The predicted molar refractivity (Wildman–Crippen MR) is 61.8 cm³/mol. The molecular weight excluding hydrogens is 186 g/mol. The van der Waals surface area contributed by atoms with Crippen molar-refractivity contribution < 1.29 is 4.74 Å². The van der Waals surface area contributed by atoms with Gasteiger partial charge in [-0.1, -0.05) is 5.92 Å². The Bertz CT molecular complexity index is 344. The van der Waals surface area contributed by atoms with Crippen LogP contribution in [0.25, 0.3) is 0 Å². The van der Waals surface area contributed by atoms with Gasteiger partial charge in [0.25, 0.3) is 0 Å². The number of hydrogen-bond donors (Lipinski definition) is 1. The van der Waals surface area contributed by atoms with Gasteiger partial charge in [0, 0.05) is 30.5 Å². The third kappa shape index (κ3) is 2.74. The number of anilines is 1. The molecule has 1 saturated heterocycles. The molecular formula is C13H15NO. The third-order valence-electron chi connectivity index (χ3n) is 2.64. The number of terminal acetylenes is 1. The summed E-state index contributed by atoms with van der Waals surface area (Å²) in [6, 6.07) is 8.52. The van der Waals surface area contributed by atoms with Crippen molar-refractivity contribution in [2.75, 3.05) is 18.5 Å². The van der Waals surface area contributed by atoms with E-state index in [2.05, 4.69) is 11.2 Å². The van der Waals surface area contributed by atoms with E-state index in [0.29, 0.717) is 6.04 Å². The van der Waals surface area contributed by atoms with Crippen LogP contribution in [0.5, 0.6) is 0 Å². The van der Waals surface area contributed by atoms with Gasteiger partial charge in [-0.15, -0.1) is 6.42 Å². The Morgan fingerprint density at radius 1 is 1.20 bits per heavy atom. The van der Waals surface area contributed by atoms with Crippen molar-refractivity contribution in [3.8, 4) is 12.3 Å². The van der Waals surface area contributed by atoms with Crippen LogP contribution in [-0.2, 0) is 4.74 Å². The van der Waals surface area contributed by atoms with Crippen molar-refractivity contribution in [1.82, 2.24) is 0 Å². The van der Waals surface area contributed by atoms with E-state index < -0.39 is 0 Å². The second-order valence-corrected chi connectivity index (χ2v) is 3.75. The van der Waals surface area contributed by atoms with Crippen LogP contribution >= 0.6 is 0 Å². The van der Waals surface area contributed by atoms with Crippen molar-refractivity contribution in [2.45, 2.75) is 18.9 Å². The normalized spacial score (nSPS) is 17.0.